The third kappa shape index (κ3) is 1.94. The second-order valence-corrected chi connectivity index (χ2v) is 4.95. The summed E-state index contributed by atoms with van der Waals surface area (Å²) in [6.07, 6.45) is 13.0. The molecule has 0 saturated heterocycles. The molecule has 0 amide bonds. The van der Waals surface area contributed by atoms with E-state index in [1.165, 1.54) is 31.3 Å². The number of terminal acetylenes is 1. The molecule has 0 spiro atoms. The third-order valence-electron chi connectivity index (χ3n) is 3.53. The molecule has 0 aromatic rings. The summed E-state index contributed by atoms with van der Waals surface area (Å²) in [5, 5.41) is 0. The Labute approximate surface area is 87.1 Å². The average molecular weight is 186 g/mol. The normalized spacial score (nSPS) is 24.4. The molecule has 0 aliphatic heterocycles. The quantitative estimate of drug-likeness (QED) is 0.467. The summed E-state index contributed by atoms with van der Waals surface area (Å²) in [7, 11) is 0. The van der Waals surface area contributed by atoms with Crippen molar-refractivity contribution < 1.29 is 0 Å². The Bertz CT molecular complexity index is 328. The molecule has 74 valence electrons. The van der Waals surface area contributed by atoms with Gasteiger partial charge in [-0.25, -0.2) is 0 Å². The lowest BCUT2D eigenvalue weighted by molar-refractivity contribution is 0.495. The van der Waals surface area contributed by atoms with Crippen molar-refractivity contribution in [2.75, 3.05) is 0 Å². The highest BCUT2D eigenvalue weighted by Gasteiger charge is 2.38. The van der Waals surface area contributed by atoms with E-state index >= 15 is 0 Å². The van der Waals surface area contributed by atoms with Crippen LogP contribution in [0.1, 0.15) is 39.5 Å². The molecule has 0 aromatic carbocycles. The maximum atomic E-state index is 5.60. The minimum atomic E-state index is -0.0316. The van der Waals surface area contributed by atoms with Crippen LogP contribution in [0.25, 0.3) is 0 Å². The molecular weight excluding hydrogens is 168 g/mol. The highest BCUT2D eigenvalue weighted by molar-refractivity contribution is 5.22. The standard InChI is InChI=1S/C14H18/c1-4-14(3,13-7-8-13)10-9-11(2)12-5-6-12/h1,10,12-13H,5-8H2,2-3H3. The van der Waals surface area contributed by atoms with Crippen LogP contribution in [-0.4, -0.2) is 0 Å². The first-order valence-electron chi connectivity index (χ1n) is 5.58. The van der Waals surface area contributed by atoms with Crippen LogP contribution >= 0.6 is 0 Å². The highest BCUT2D eigenvalue weighted by Crippen LogP contribution is 2.46. The molecule has 0 aromatic heterocycles. The minimum absolute atomic E-state index is 0.0316. The van der Waals surface area contributed by atoms with Crippen LogP contribution in [0.3, 0.4) is 0 Å². The van der Waals surface area contributed by atoms with E-state index in [-0.39, 0.29) is 5.41 Å². The van der Waals surface area contributed by atoms with E-state index in [4.69, 9.17) is 6.42 Å². The monoisotopic (exact) mass is 186 g/mol. The summed E-state index contributed by atoms with van der Waals surface area (Å²) < 4.78 is 0. The zero-order chi connectivity index (χ0) is 10.2. The second kappa shape index (κ2) is 3.34. The fourth-order valence-corrected chi connectivity index (χ4v) is 1.86. The Kier molecular flexibility index (Phi) is 2.30. The zero-order valence-electron chi connectivity index (χ0n) is 9.14. The van der Waals surface area contributed by atoms with Crippen LogP contribution in [0.5, 0.6) is 0 Å². The van der Waals surface area contributed by atoms with Crippen LogP contribution in [0.15, 0.2) is 17.4 Å². The Morgan fingerprint density at radius 1 is 1.36 bits per heavy atom. The molecule has 0 nitrogen and oxygen atoms in total. The van der Waals surface area contributed by atoms with Crippen LogP contribution < -0.4 is 0 Å². The number of allylic oxidation sites excluding steroid dienone is 1. The molecule has 1 unspecified atom stereocenters. The molecule has 0 heteroatoms. The van der Waals surface area contributed by atoms with E-state index in [9.17, 15) is 0 Å². The highest BCUT2D eigenvalue weighted by atomic mass is 14.4. The summed E-state index contributed by atoms with van der Waals surface area (Å²) in [6.45, 7) is 4.34. The molecule has 2 rings (SSSR count). The Morgan fingerprint density at radius 3 is 2.43 bits per heavy atom. The van der Waals surface area contributed by atoms with Crippen molar-refractivity contribution in [2.45, 2.75) is 39.5 Å². The summed E-state index contributed by atoms with van der Waals surface area (Å²) in [5.74, 6) is 4.45. The van der Waals surface area contributed by atoms with Gasteiger partial charge >= 0.3 is 0 Å². The van der Waals surface area contributed by atoms with Gasteiger partial charge in [-0.1, -0.05) is 5.92 Å². The summed E-state index contributed by atoms with van der Waals surface area (Å²) in [5.41, 5.74) is 4.77. The van der Waals surface area contributed by atoms with Crippen molar-refractivity contribution in [1.29, 1.82) is 0 Å². The lowest BCUT2D eigenvalue weighted by atomic mass is 9.86. The number of rotatable bonds is 3. The topological polar surface area (TPSA) is 0 Å². The van der Waals surface area contributed by atoms with Crippen LogP contribution in [0.2, 0.25) is 0 Å². The predicted octanol–water partition coefficient (Wildman–Crippen LogP) is 3.55. The lowest BCUT2D eigenvalue weighted by Gasteiger charge is -2.16. The molecule has 0 N–H and O–H groups in total. The first kappa shape index (κ1) is 9.63. The molecule has 2 aliphatic carbocycles. The van der Waals surface area contributed by atoms with E-state index in [1.807, 2.05) is 0 Å². The fourth-order valence-electron chi connectivity index (χ4n) is 1.86. The van der Waals surface area contributed by atoms with E-state index in [1.54, 1.807) is 0 Å². The second-order valence-electron chi connectivity index (χ2n) is 4.95. The maximum absolute atomic E-state index is 5.60. The molecule has 0 bridgehead atoms. The molecule has 14 heavy (non-hydrogen) atoms. The van der Waals surface area contributed by atoms with Gasteiger partial charge in [-0.05, 0) is 63.0 Å². The van der Waals surface area contributed by atoms with Gasteiger partial charge in [0, 0.05) is 0 Å². The minimum Gasteiger partial charge on any atom is -0.124 e. The molecule has 2 aliphatic rings. The van der Waals surface area contributed by atoms with Crippen LogP contribution in [0.4, 0.5) is 0 Å². The van der Waals surface area contributed by atoms with Crippen molar-refractivity contribution in [2.24, 2.45) is 17.3 Å². The Hall–Kier alpha value is -0.920. The van der Waals surface area contributed by atoms with Gasteiger partial charge in [0.1, 0.15) is 0 Å². The van der Waals surface area contributed by atoms with Gasteiger partial charge in [0.15, 0.2) is 0 Å². The largest absolute Gasteiger partial charge is 0.124 e. The van der Waals surface area contributed by atoms with Crippen molar-refractivity contribution >= 4 is 0 Å². The molecule has 2 saturated carbocycles. The first-order valence-corrected chi connectivity index (χ1v) is 5.58. The van der Waals surface area contributed by atoms with Crippen LogP contribution in [0, 0.1) is 29.6 Å². The van der Waals surface area contributed by atoms with Gasteiger partial charge in [0.2, 0.25) is 0 Å². The van der Waals surface area contributed by atoms with E-state index in [0.29, 0.717) is 5.92 Å². The van der Waals surface area contributed by atoms with Gasteiger partial charge in [-0.2, -0.15) is 0 Å². The average Bonchev–Trinajstić information content (AvgIpc) is 3.05. The Morgan fingerprint density at radius 2 is 2.00 bits per heavy atom. The first-order chi connectivity index (χ1) is 6.65. The third-order valence-corrected chi connectivity index (χ3v) is 3.53. The van der Waals surface area contributed by atoms with Gasteiger partial charge in [0.25, 0.3) is 0 Å². The van der Waals surface area contributed by atoms with E-state index in [2.05, 4.69) is 31.6 Å². The molecule has 0 radical (unpaired) electrons. The maximum Gasteiger partial charge on any atom is 0.0564 e. The van der Waals surface area contributed by atoms with Crippen LogP contribution in [-0.2, 0) is 0 Å². The number of hydrogen-bond donors (Lipinski definition) is 0. The SMILES string of the molecule is C#CC(C)(C=C=C(C)C1CC1)C1CC1. The summed E-state index contributed by atoms with van der Waals surface area (Å²) in [6, 6.07) is 0. The van der Waals surface area contributed by atoms with Gasteiger partial charge in [-0.15, -0.1) is 12.2 Å². The predicted molar refractivity (Wildman–Crippen MR) is 59.7 cm³/mol. The smallest absolute Gasteiger partial charge is 0.0564 e. The lowest BCUT2D eigenvalue weighted by Crippen LogP contribution is -2.12. The van der Waals surface area contributed by atoms with Gasteiger partial charge in [0.05, 0.1) is 5.41 Å². The van der Waals surface area contributed by atoms with Gasteiger partial charge in [-0.3, -0.25) is 0 Å². The number of hydrogen-bond acceptors (Lipinski definition) is 0. The summed E-state index contributed by atoms with van der Waals surface area (Å²) in [4.78, 5) is 0. The van der Waals surface area contributed by atoms with Crippen molar-refractivity contribution in [3.63, 3.8) is 0 Å². The van der Waals surface area contributed by atoms with Gasteiger partial charge < -0.3 is 0 Å². The fraction of sp³-hybridized carbons (Fsp3) is 0.643. The zero-order valence-corrected chi connectivity index (χ0v) is 9.14. The molecule has 1 atom stereocenters. The van der Waals surface area contributed by atoms with Crippen molar-refractivity contribution in [1.82, 2.24) is 0 Å². The summed E-state index contributed by atoms with van der Waals surface area (Å²) >= 11 is 0. The molecule has 2 fully saturated rings. The molecule has 0 heterocycles. The van der Waals surface area contributed by atoms with Crippen molar-refractivity contribution in [3.8, 4) is 12.3 Å². The van der Waals surface area contributed by atoms with E-state index < -0.39 is 0 Å². The van der Waals surface area contributed by atoms with Crippen molar-refractivity contribution in [3.05, 3.63) is 17.4 Å². The molecular formula is C14H18. The van der Waals surface area contributed by atoms with E-state index in [0.717, 1.165) is 5.92 Å². The Balaban J connectivity index is 2.13.